The van der Waals surface area contributed by atoms with Crippen LogP contribution in [0.15, 0.2) is 63.8 Å². The Kier molecular flexibility index (Phi) is 6.37. The molecule has 0 aliphatic rings. The van der Waals surface area contributed by atoms with E-state index >= 15 is 0 Å². The smallest absolute Gasteiger partial charge is 0.350 e. The third kappa shape index (κ3) is 4.50. The van der Waals surface area contributed by atoms with Gasteiger partial charge in [-0.05, 0) is 48.9 Å². The zero-order chi connectivity index (χ0) is 24.6. The summed E-state index contributed by atoms with van der Waals surface area (Å²) in [6.45, 7) is 1.69. The number of carbonyl (C=O) groups is 1. The molecule has 7 nitrogen and oxygen atoms in total. The lowest BCUT2D eigenvalue weighted by atomic mass is 9.99. The summed E-state index contributed by atoms with van der Waals surface area (Å²) in [5.74, 6) is -1.51. The number of nitro benzene ring substituents is 1. The second kappa shape index (κ2) is 9.24. The second-order valence-corrected chi connectivity index (χ2v) is 8.18. The van der Waals surface area contributed by atoms with Crippen molar-refractivity contribution in [3.05, 3.63) is 113 Å². The van der Waals surface area contributed by atoms with Crippen molar-refractivity contribution >= 4 is 45.8 Å². The fourth-order valence-electron chi connectivity index (χ4n) is 3.51. The fraction of sp³-hybridized carbons (Fsp3) is 0.0833. The number of nitrogens with zero attached hydrogens (tertiary/aromatic N) is 1. The summed E-state index contributed by atoms with van der Waals surface area (Å²) in [6, 6.07) is 12.2. The minimum atomic E-state index is -0.979. The van der Waals surface area contributed by atoms with E-state index in [0.29, 0.717) is 10.9 Å². The maximum atomic E-state index is 14.2. The van der Waals surface area contributed by atoms with Gasteiger partial charge in [-0.2, -0.15) is 0 Å². The van der Waals surface area contributed by atoms with Gasteiger partial charge in [0, 0.05) is 45.1 Å². The first-order valence-electron chi connectivity index (χ1n) is 9.81. The van der Waals surface area contributed by atoms with Crippen molar-refractivity contribution in [2.75, 3.05) is 0 Å². The first-order valence-corrected chi connectivity index (χ1v) is 10.6. The van der Waals surface area contributed by atoms with Crippen molar-refractivity contribution in [3.63, 3.8) is 0 Å². The monoisotopic (exact) mass is 501 g/mol. The van der Waals surface area contributed by atoms with Gasteiger partial charge in [-0.25, -0.2) is 14.0 Å². The van der Waals surface area contributed by atoms with Crippen LogP contribution < -0.4 is 10.4 Å². The number of benzene rings is 3. The molecule has 0 spiro atoms. The molecule has 0 amide bonds. The van der Waals surface area contributed by atoms with E-state index in [-0.39, 0.29) is 44.5 Å². The molecule has 4 rings (SSSR count). The van der Waals surface area contributed by atoms with Gasteiger partial charge in [-0.3, -0.25) is 10.1 Å². The lowest BCUT2D eigenvalue weighted by Gasteiger charge is -2.11. The number of hydrogen-bond acceptors (Lipinski definition) is 6. The number of carbonyl (C=O) groups excluding carboxylic acids is 1. The van der Waals surface area contributed by atoms with Crippen LogP contribution in [0.5, 0.6) is 5.75 Å². The third-order valence-corrected chi connectivity index (χ3v) is 5.85. The van der Waals surface area contributed by atoms with Crippen molar-refractivity contribution in [1.29, 1.82) is 0 Å². The highest BCUT2D eigenvalue weighted by Gasteiger charge is 2.23. The van der Waals surface area contributed by atoms with Crippen LogP contribution in [-0.4, -0.2) is 10.9 Å². The number of ether oxygens (including phenoxy) is 1. The first kappa shape index (κ1) is 23.4. The molecule has 0 N–H and O–H groups in total. The fourth-order valence-corrected chi connectivity index (χ4v) is 3.91. The molecule has 34 heavy (non-hydrogen) atoms. The molecule has 0 saturated carbocycles. The minimum Gasteiger partial charge on any atom is -0.423 e. The Balaban J connectivity index is 1.68. The van der Waals surface area contributed by atoms with E-state index in [1.165, 1.54) is 42.5 Å². The van der Waals surface area contributed by atoms with Gasteiger partial charge in [0.25, 0.3) is 5.69 Å². The molecule has 1 heterocycles. The van der Waals surface area contributed by atoms with Crippen LogP contribution >= 0.6 is 23.2 Å². The van der Waals surface area contributed by atoms with Gasteiger partial charge < -0.3 is 9.15 Å². The molecule has 0 aliphatic carbocycles. The third-order valence-electron chi connectivity index (χ3n) is 5.26. The molecule has 0 bridgehead atoms. The molecule has 3 aromatic carbocycles. The molecule has 4 aromatic rings. The van der Waals surface area contributed by atoms with Gasteiger partial charge in [-0.15, -0.1) is 0 Å². The molecule has 0 atom stereocenters. The second-order valence-electron chi connectivity index (χ2n) is 7.34. The highest BCUT2D eigenvalue weighted by atomic mass is 35.5. The Morgan fingerprint density at radius 1 is 1.12 bits per heavy atom. The Morgan fingerprint density at radius 2 is 1.88 bits per heavy atom. The molecule has 0 aliphatic heterocycles. The zero-order valence-electron chi connectivity index (χ0n) is 17.4. The lowest BCUT2D eigenvalue weighted by molar-refractivity contribution is -0.385. The summed E-state index contributed by atoms with van der Waals surface area (Å²) in [4.78, 5) is 35.7. The predicted molar refractivity (Wildman–Crippen MR) is 125 cm³/mol. The number of hydrogen-bond donors (Lipinski definition) is 0. The maximum Gasteiger partial charge on any atom is 0.350 e. The molecule has 1 aromatic heterocycles. The number of rotatable bonds is 5. The Hall–Kier alpha value is -3.75. The average Bonchev–Trinajstić information content (AvgIpc) is 2.78. The molecule has 0 radical (unpaired) electrons. The van der Waals surface area contributed by atoms with Crippen LogP contribution in [0.2, 0.25) is 10.0 Å². The highest BCUT2D eigenvalue weighted by molar-refractivity contribution is 6.31. The van der Waals surface area contributed by atoms with Gasteiger partial charge in [0.1, 0.15) is 22.7 Å². The molecule has 172 valence electrons. The molecule has 0 unspecified atom stereocenters. The summed E-state index contributed by atoms with van der Waals surface area (Å²) < 4.78 is 24.9. The largest absolute Gasteiger partial charge is 0.423 e. The van der Waals surface area contributed by atoms with Gasteiger partial charge >= 0.3 is 11.6 Å². The van der Waals surface area contributed by atoms with Crippen LogP contribution in [0.4, 0.5) is 10.1 Å². The van der Waals surface area contributed by atoms with Gasteiger partial charge in [0.2, 0.25) is 0 Å². The van der Waals surface area contributed by atoms with Crippen molar-refractivity contribution in [1.82, 2.24) is 0 Å². The van der Waals surface area contributed by atoms with E-state index < -0.39 is 28.0 Å². The number of esters is 1. The maximum absolute atomic E-state index is 14.2. The van der Waals surface area contributed by atoms with Crippen molar-refractivity contribution in [2.45, 2.75) is 13.3 Å². The van der Waals surface area contributed by atoms with E-state index in [1.54, 1.807) is 13.0 Å². The highest BCUT2D eigenvalue weighted by Crippen LogP contribution is 2.29. The molecule has 0 saturated heterocycles. The lowest BCUT2D eigenvalue weighted by Crippen LogP contribution is -2.13. The van der Waals surface area contributed by atoms with E-state index in [9.17, 15) is 24.1 Å². The van der Waals surface area contributed by atoms with Gasteiger partial charge in [0.05, 0.1) is 4.92 Å². The molecule has 0 fully saturated rings. The Labute approximate surface area is 201 Å². The Bertz CT molecular complexity index is 1510. The summed E-state index contributed by atoms with van der Waals surface area (Å²) in [7, 11) is 0. The summed E-state index contributed by atoms with van der Waals surface area (Å²) in [6.07, 6.45) is -0.0629. The number of fused-ring (bicyclic) bond motifs is 1. The normalized spacial score (nSPS) is 10.9. The van der Waals surface area contributed by atoms with Crippen molar-refractivity contribution in [3.8, 4) is 5.75 Å². The average molecular weight is 502 g/mol. The van der Waals surface area contributed by atoms with Crippen molar-refractivity contribution < 1.29 is 23.3 Å². The van der Waals surface area contributed by atoms with Crippen LogP contribution in [-0.2, 0) is 6.42 Å². The van der Waals surface area contributed by atoms with E-state index in [1.807, 2.05) is 0 Å². The summed E-state index contributed by atoms with van der Waals surface area (Å²) >= 11 is 11.9. The summed E-state index contributed by atoms with van der Waals surface area (Å²) in [5, 5.41) is 12.1. The zero-order valence-corrected chi connectivity index (χ0v) is 18.9. The number of aryl methyl sites for hydroxylation is 1. The number of halogens is 3. The molecule has 10 heteroatoms. The standard InChI is InChI=1S/C24H14Cl2FNO6/c1-12-15-8-6-14(33-23(29)16-7-5-13(25)9-21(16)28(31)32)10-22(15)34-24(30)17(12)11-18-19(26)3-2-4-20(18)27/h2-10H,11H2,1H3. The molecular formula is C24H14Cl2FNO6. The van der Waals surface area contributed by atoms with Crippen LogP contribution in [0.25, 0.3) is 11.0 Å². The van der Waals surface area contributed by atoms with Gasteiger partial charge in [0.15, 0.2) is 0 Å². The van der Waals surface area contributed by atoms with Crippen LogP contribution in [0.3, 0.4) is 0 Å². The quantitative estimate of drug-likeness (QED) is 0.105. The minimum absolute atomic E-state index is 0.00852. The Morgan fingerprint density at radius 3 is 2.59 bits per heavy atom. The molecular weight excluding hydrogens is 488 g/mol. The SMILES string of the molecule is Cc1c(Cc2c(F)cccc2Cl)c(=O)oc2cc(OC(=O)c3ccc(Cl)cc3[N+](=O)[O-])ccc12. The van der Waals surface area contributed by atoms with E-state index in [2.05, 4.69) is 0 Å². The summed E-state index contributed by atoms with van der Waals surface area (Å²) in [5.41, 5.74) is -0.392. The van der Waals surface area contributed by atoms with E-state index in [0.717, 1.165) is 6.07 Å². The number of nitro groups is 1. The van der Waals surface area contributed by atoms with E-state index in [4.69, 9.17) is 32.4 Å². The van der Waals surface area contributed by atoms with Gasteiger partial charge in [-0.1, -0.05) is 29.3 Å². The van der Waals surface area contributed by atoms with Crippen LogP contribution in [0, 0.1) is 22.9 Å². The topological polar surface area (TPSA) is 99.7 Å². The van der Waals surface area contributed by atoms with Crippen LogP contribution in [0.1, 0.15) is 27.0 Å². The van der Waals surface area contributed by atoms with Crippen molar-refractivity contribution in [2.24, 2.45) is 0 Å². The predicted octanol–water partition coefficient (Wildman–Crippen LogP) is 6.27. The first-order chi connectivity index (χ1) is 16.2.